The fourth-order valence-electron chi connectivity index (χ4n) is 3.75. The standard InChI is InChI=1S/C27H19N3O2S/c1-16-7-8-17(2)23(11-16)29-14-19(13-28)26-30-24(15-33-26)22-12-21-20-6-4-3-5-18(20)9-10-25(21)32-27(22)31/h3-12,14-15,29H,1-2H3. The maximum absolute atomic E-state index is 12.7. The molecule has 0 aliphatic rings. The van der Waals surface area contributed by atoms with Gasteiger partial charge in [-0.3, -0.25) is 0 Å². The van der Waals surface area contributed by atoms with E-state index < -0.39 is 5.63 Å². The molecule has 0 amide bonds. The van der Waals surface area contributed by atoms with Crippen LogP contribution in [0.25, 0.3) is 38.6 Å². The predicted octanol–water partition coefficient (Wildman–Crippen LogP) is 6.66. The smallest absolute Gasteiger partial charge is 0.345 e. The lowest BCUT2D eigenvalue weighted by Gasteiger charge is -2.07. The third-order valence-corrected chi connectivity index (χ3v) is 6.41. The zero-order valence-corrected chi connectivity index (χ0v) is 18.9. The van der Waals surface area contributed by atoms with Crippen LogP contribution < -0.4 is 10.9 Å². The highest BCUT2D eigenvalue weighted by atomic mass is 32.1. The normalized spacial score (nSPS) is 11.6. The van der Waals surface area contributed by atoms with Gasteiger partial charge in [-0.2, -0.15) is 5.26 Å². The van der Waals surface area contributed by atoms with Gasteiger partial charge in [0.15, 0.2) is 0 Å². The Morgan fingerprint density at radius 1 is 1.09 bits per heavy atom. The molecule has 0 radical (unpaired) electrons. The van der Waals surface area contributed by atoms with Crippen molar-refractivity contribution in [3.63, 3.8) is 0 Å². The summed E-state index contributed by atoms with van der Waals surface area (Å²) in [6.07, 6.45) is 1.65. The zero-order chi connectivity index (χ0) is 22.9. The molecule has 3 aromatic carbocycles. The molecule has 33 heavy (non-hydrogen) atoms. The summed E-state index contributed by atoms with van der Waals surface area (Å²) < 4.78 is 5.60. The highest BCUT2D eigenvalue weighted by Crippen LogP contribution is 2.30. The first-order valence-electron chi connectivity index (χ1n) is 10.4. The molecule has 0 spiro atoms. The molecule has 0 bridgehead atoms. The highest BCUT2D eigenvalue weighted by molar-refractivity contribution is 7.11. The number of benzene rings is 3. The lowest BCUT2D eigenvalue weighted by atomic mass is 10.0. The van der Waals surface area contributed by atoms with E-state index in [1.54, 1.807) is 11.6 Å². The van der Waals surface area contributed by atoms with Crippen molar-refractivity contribution >= 4 is 44.3 Å². The Labute approximate surface area is 194 Å². The van der Waals surface area contributed by atoms with Gasteiger partial charge in [-0.05, 0) is 53.9 Å². The molecule has 160 valence electrons. The molecule has 0 saturated heterocycles. The molecule has 1 N–H and O–H groups in total. The third kappa shape index (κ3) is 3.91. The van der Waals surface area contributed by atoms with E-state index in [9.17, 15) is 10.1 Å². The Balaban J connectivity index is 1.54. The number of aryl methyl sites for hydroxylation is 2. The van der Waals surface area contributed by atoms with Crippen LogP contribution >= 0.6 is 11.3 Å². The second-order valence-electron chi connectivity index (χ2n) is 7.82. The minimum absolute atomic E-state index is 0.376. The van der Waals surface area contributed by atoms with E-state index in [1.165, 1.54) is 11.3 Å². The maximum Gasteiger partial charge on any atom is 0.345 e. The fourth-order valence-corrected chi connectivity index (χ4v) is 4.54. The number of nitrogens with zero attached hydrogens (tertiary/aromatic N) is 2. The van der Waals surface area contributed by atoms with Gasteiger partial charge in [-0.15, -0.1) is 11.3 Å². The van der Waals surface area contributed by atoms with Crippen molar-refractivity contribution in [2.24, 2.45) is 0 Å². The molecule has 0 unspecified atom stereocenters. The van der Waals surface area contributed by atoms with E-state index in [4.69, 9.17) is 4.42 Å². The van der Waals surface area contributed by atoms with Crippen LogP contribution in [0.1, 0.15) is 16.1 Å². The second kappa shape index (κ2) is 8.38. The van der Waals surface area contributed by atoms with Crippen molar-refractivity contribution in [2.45, 2.75) is 13.8 Å². The summed E-state index contributed by atoms with van der Waals surface area (Å²) in [4.78, 5) is 17.3. The molecule has 5 rings (SSSR count). The first kappa shape index (κ1) is 20.7. The van der Waals surface area contributed by atoms with E-state index in [0.29, 0.717) is 27.4 Å². The van der Waals surface area contributed by atoms with Crippen LogP contribution in [0, 0.1) is 25.2 Å². The predicted molar refractivity (Wildman–Crippen MR) is 134 cm³/mol. The van der Waals surface area contributed by atoms with Crippen molar-refractivity contribution in [3.05, 3.63) is 98.8 Å². The van der Waals surface area contributed by atoms with Crippen molar-refractivity contribution in [2.75, 3.05) is 5.32 Å². The van der Waals surface area contributed by atoms with Gasteiger partial charge in [0.25, 0.3) is 0 Å². The minimum atomic E-state index is -0.453. The first-order chi connectivity index (χ1) is 16.0. The van der Waals surface area contributed by atoms with Crippen LogP contribution in [0.5, 0.6) is 0 Å². The molecular weight excluding hydrogens is 430 g/mol. The second-order valence-corrected chi connectivity index (χ2v) is 8.67. The van der Waals surface area contributed by atoms with Crippen LogP contribution in [0.2, 0.25) is 0 Å². The molecule has 2 aromatic heterocycles. The maximum atomic E-state index is 12.7. The summed E-state index contributed by atoms with van der Waals surface area (Å²) in [6.45, 7) is 4.02. The number of fused-ring (bicyclic) bond motifs is 3. The lowest BCUT2D eigenvalue weighted by molar-refractivity contribution is 0.563. The van der Waals surface area contributed by atoms with Crippen molar-refractivity contribution in [1.82, 2.24) is 4.98 Å². The number of nitriles is 1. The Kier molecular flexibility index (Phi) is 5.25. The van der Waals surface area contributed by atoms with Crippen LogP contribution in [-0.4, -0.2) is 4.98 Å². The summed E-state index contributed by atoms with van der Waals surface area (Å²) in [7, 11) is 0. The monoisotopic (exact) mass is 449 g/mol. The Hall–Kier alpha value is -4.21. The number of allylic oxidation sites excluding steroid dienone is 1. The van der Waals surface area contributed by atoms with Crippen molar-refractivity contribution in [1.29, 1.82) is 5.26 Å². The van der Waals surface area contributed by atoms with Crippen LogP contribution in [0.3, 0.4) is 0 Å². The van der Waals surface area contributed by atoms with Gasteiger partial charge in [0.05, 0.1) is 11.3 Å². The molecule has 6 heteroatoms. The van der Waals surface area contributed by atoms with Gasteiger partial charge in [-0.25, -0.2) is 9.78 Å². The Morgan fingerprint density at radius 2 is 1.94 bits per heavy atom. The SMILES string of the molecule is Cc1ccc(C)c(NC=C(C#N)c2nc(-c3cc4c(ccc5ccccc54)oc3=O)cs2)c1. The molecule has 0 fully saturated rings. The summed E-state index contributed by atoms with van der Waals surface area (Å²) in [5.74, 6) is 0. The minimum Gasteiger partial charge on any atom is -0.422 e. The van der Waals surface area contributed by atoms with Crippen LogP contribution in [0.15, 0.2) is 81.5 Å². The first-order valence-corrected chi connectivity index (χ1v) is 11.3. The topological polar surface area (TPSA) is 78.9 Å². The largest absolute Gasteiger partial charge is 0.422 e. The number of rotatable bonds is 4. The van der Waals surface area contributed by atoms with Gasteiger partial charge in [0.2, 0.25) is 0 Å². The summed E-state index contributed by atoms with van der Waals surface area (Å²) in [6, 6.07) is 21.8. The molecule has 0 aliphatic heterocycles. The number of thiazole rings is 1. The zero-order valence-electron chi connectivity index (χ0n) is 18.0. The molecule has 0 saturated carbocycles. The van der Waals surface area contributed by atoms with E-state index in [1.807, 2.05) is 74.5 Å². The highest BCUT2D eigenvalue weighted by Gasteiger charge is 2.15. The summed E-state index contributed by atoms with van der Waals surface area (Å²) in [5, 5.41) is 18.1. The summed E-state index contributed by atoms with van der Waals surface area (Å²) in [5.41, 5.74) is 4.48. The number of nitrogens with one attached hydrogen (secondary N) is 1. The Morgan fingerprint density at radius 3 is 2.79 bits per heavy atom. The number of anilines is 1. The van der Waals surface area contributed by atoms with Gasteiger partial charge in [0.1, 0.15) is 22.2 Å². The number of hydrogen-bond donors (Lipinski definition) is 1. The molecule has 0 atom stereocenters. The average molecular weight is 450 g/mol. The van der Waals surface area contributed by atoms with Crippen molar-refractivity contribution in [3.8, 4) is 17.3 Å². The molecule has 5 aromatic rings. The van der Waals surface area contributed by atoms with Gasteiger partial charge in [-0.1, -0.05) is 42.5 Å². The number of hydrogen-bond acceptors (Lipinski definition) is 6. The lowest BCUT2D eigenvalue weighted by Crippen LogP contribution is -2.03. The van der Waals surface area contributed by atoms with Crippen LogP contribution in [0.4, 0.5) is 5.69 Å². The molecular formula is C27H19N3O2S. The average Bonchev–Trinajstić information content (AvgIpc) is 3.31. The van der Waals surface area contributed by atoms with E-state index in [-0.39, 0.29) is 0 Å². The van der Waals surface area contributed by atoms with E-state index in [0.717, 1.165) is 33.0 Å². The van der Waals surface area contributed by atoms with Gasteiger partial charge >= 0.3 is 5.63 Å². The summed E-state index contributed by atoms with van der Waals surface area (Å²) >= 11 is 1.31. The van der Waals surface area contributed by atoms with Crippen molar-refractivity contribution < 1.29 is 4.42 Å². The van der Waals surface area contributed by atoms with E-state index in [2.05, 4.69) is 16.4 Å². The molecule has 2 heterocycles. The van der Waals surface area contributed by atoms with Gasteiger partial charge < -0.3 is 9.73 Å². The fraction of sp³-hybridized carbons (Fsp3) is 0.0741. The molecule has 5 nitrogen and oxygen atoms in total. The van der Waals surface area contributed by atoms with E-state index >= 15 is 0 Å². The van der Waals surface area contributed by atoms with Crippen LogP contribution in [-0.2, 0) is 0 Å². The third-order valence-electron chi connectivity index (χ3n) is 5.54. The van der Waals surface area contributed by atoms with Gasteiger partial charge in [0, 0.05) is 22.7 Å². The molecule has 0 aliphatic carbocycles. The number of aromatic nitrogens is 1. The quantitative estimate of drug-likeness (QED) is 0.188. The Bertz CT molecular complexity index is 1650.